The first-order chi connectivity index (χ1) is 10.1. The zero-order chi connectivity index (χ0) is 15.4. The number of halogens is 2. The topological polar surface area (TPSA) is 47.3 Å². The maximum Gasteiger partial charge on any atom is 0.119 e. The van der Waals surface area contributed by atoms with Crippen molar-refractivity contribution in [3.8, 4) is 5.75 Å². The smallest absolute Gasteiger partial charge is 0.119 e. The van der Waals surface area contributed by atoms with Gasteiger partial charge < -0.3 is 4.74 Å². The van der Waals surface area contributed by atoms with Crippen molar-refractivity contribution in [3.63, 3.8) is 0 Å². The van der Waals surface area contributed by atoms with Crippen molar-refractivity contribution in [2.24, 2.45) is 5.84 Å². The number of benzene rings is 2. The molecule has 112 valence electrons. The second-order valence-corrected chi connectivity index (χ2v) is 6.10. The van der Waals surface area contributed by atoms with Crippen LogP contribution in [-0.4, -0.2) is 7.11 Å². The Morgan fingerprint density at radius 2 is 2.10 bits per heavy atom. The number of hydrogen-bond acceptors (Lipinski definition) is 3. The van der Waals surface area contributed by atoms with Gasteiger partial charge in [0.05, 0.1) is 13.2 Å². The molecular weight excluding hydrogens is 352 g/mol. The van der Waals surface area contributed by atoms with Gasteiger partial charge in [-0.2, -0.15) is 0 Å². The van der Waals surface area contributed by atoms with E-state index in [9.17, 15) is 0 Å². The Kier molecular flexibility index (Phi) is 5.65. The number of hydrogen-bond donors (Lipinski definition) is 2. The van der Waals surface area contributed by atoms with Crippen LogP contribution in [0.15, 0.2) is 40.9 Å². The lowest BCUT2D eigenvalue weighted by Gasteiger charge is -2.20. The van der Waals surface area contributed by atoms with Crippen molar-refractivity contribution in [3.05, 3.63) is 62.6 Å². The summed E-state index contributed by atoms with van der Waals surface area (Å²) in [6.07, 6.45) is 0.732. The lowest BCUT2D eigenvalue weighted by Crippen LogP contribution is -2.30. The summed E-state index contributed by atoms with van der Waals surface area (Å²) < 4.78 is 6.31. The standard InChI is InChI=1S/C16H18BrClN2O/c1-10-13(4-3-5-15(10)18)16(20-19)9-11-8-12(21-2)6-7-14(11)17/h3-8,16,20H,9,19H2,1-2H3. The quantitative estimate of drug-likeness (QED) is 0.614. The Hall–Kier alpha value is -1.07. The van der Waals surface area contributed by atoms with Crippen molar-refractivity contribution in [2.75, 3.05) is 7.11 Å². The zero-order valence-electron chi connectivity index (χ0n) is 12.0. The highest BCUT2D eigenvalue weighted by Gasteiger charge is 2.16. The van der Waals surface area contributed by atoms with Crippen molar-refractivity contribution < 1.29 is 4.74 Å². The third-order valence-electron chi connectivity index (χ3n) is 3.56. The molecule has 1 unspecified atom stereocenters. The van der Waals surface area contributed by atoms with Gasteiger partial charge in [-0.05, 0) is 54.3 Å². The highest BCUT2D eigenvalue weighted by atomic mass is 79.9. The van der Waals surface area contributed by atoms with E-state index in [1.807, 2.05) is 43.3 Å². The van der Waals surface area contributed by atoms with Gasteiger partial charge in [0.2, 0.25) is 0 Å². The number of methoxy groups -OCH3 is 1. The average molecular weight is 370 g/mol. The fourth-order valence-corrected chi connectivity index (χ4v) is 2.91. The SMILES string of the molecule is COc1ccc(Br)c(CC(NN)c2cccc(Cl)c2C)c1. The van der Waals surface area contributed by atoms with E-state index in [1.54, 1.807) is 7.11 Å². The van der Waals surface area contributed by atoms with Crippen LogP contribution in [0.5, 0.6) is 5.75 Å². The average Bonchev–Trinajstić information content (AvgIpc) is 2.49. The van der Waals surface area contributed by atoms with Crippen molar-refractivity contribution in [2.45, 2.75) is 19.4 Å². The summed E-state index contributed by atoms with van der Waals surface area (Å²) >= 11 is 9.77. The molecule has 0 aliphatic carbocycles. The largest absolute Gasteiger partial charge is 0.497 e. The molecule has 0 saturated heterocycles. The van der Waals surface area contributed by atoms with E-state index in [0.717, 1.165) is 38.4 Å². The normalized spacial score (nSPS) is 12.2. The van der Waals surface area contributed by atoms with E-state index in [-0.39, 0.29) is 6.04 Å². The molecule has 21 heavy (non-hydrogen) atoms. The second kappa shape index (κ2) is 7.27. The summed E-state index contributed by atoms with van der Waals surface area (Å²) in [5.41, 5.74) is 6.14. The minimum absolute atomic E-state index is 0.0212. The van der Waals surface area contributed by atoms with Crippen LogP contribution in [0.2, 0.25) is 5.02 Å². The van der Waals surface area contributed by atoms with Crippen LogP contribution in [-0.2, 0) is 6.42 Å². The first-order valence-electron chi connectivity index (χ1n) is 6.60. The molecule has 5 heteroatoms. The molecule has 0 amide bonds. The van der Waals surface area contributed by atoms with Gasteiger partial charge in [-0.1, -0.05) is 39.7 Å². The van der Waals surface area contributed by atoms with Crippen LogP contribution >= 0.6 is 27.5 Å². The number of rotatable bonds is 5. The number of hydrazine groups is 1. The summed E-state index contributed by atoms with van der Waals surface area (Å²) in [6, 6.07) is 11.8. The fourth-order valence-electron chi connectivity index (χ4n) is 2.31. The van der Waals surface area contributed by atoms with Crippen molar-refractivity contribution in [1.82, 2.24) is 5.43 Å². The molecular formula is C16H18BrClN2O. The molecule has 3 nitrogen and oxygen atoms in total. The Labute approximate surface area is 138 Å². The van der Waals surface area contributed by atoms with E-state index < -0.39 is 0 Å². The summed E-state index contributed by atoms with van der Waals surface area (Å²) in [4.78, 5) is 0. The number of nitrogens with one attached hydrogen (secondary N) is 1. The van der Waals surface area contributed by atoms with Gasteiger partial charge in [-0.25, -0.2) is 0 Å². The van der Waals surface area contributed by atoms with Gasteiger partial charge >= 0.3 is 0 Å². The molecule has 2 aromatic carbocycles. The molecule has 0 aliphatic rings. The third-order valence-corrected chi connectivity index (χ3v) is 4.75. The van der Waals surface area contributed by atoms with Gasteiger partial charge in [0.25, 0.3) is 0 Å². The number of nitrogens with two attached hydrogens (primary N) is 1. The predicted molar refractivity (Wildman–Crippen MR) is 90.7 cm³/mol. The van der Waals surface area contributed by atoms with Gasteiger partial charge in [0, 0.05) is 9.50 Å². The molecule has 0 radical (unpaired) electrons. The molecule has 2 rings (SSSR count). The number of ether oxygens (including phenoxy) is 1. The summed E-state index contributed by atoms with van der Waals surface area (Å²) in [5, 5.41) is 0.748. The molecule has 0 bridgehead atoms. The summed E-state index contributed by atoms with van der Waals surface area (Å²) in [5.74, 6) is 6.58. The first kappa shape index (κ1) is 16.3. The van der Waals surface area contributed by atoms with E-state index in [0.29, 0.717) is 0 Å². The van der Waals surface area contributed by atoms with Crippen LogP contribution in [0, 0.1) is 6.92 Å². The van der Waals surface area contributed by atoms with Crippen LogP contribution in [0.3, 0.4) is 0 Å². The monoisotopic (exact) mass is 368 g/mol. The van der Waals surface area contributed by atoms with Crippen LogP contribution in [0.4, 0.5) is 0 Å². The molecule has 0 aromatic heterocycles. The molecule has 0 fully saturated rings. The van der Waals surface area contributed by atoms with Gasteiger partial charge in [0.15, 0.2) is 0 Å². The highest BCUT2D eigenvalue weighted by molar-refractivity contribution is 9.10. The van der Waals surface area contributed by atoms with Crippen LogP contribution in [0.1, 0.15) is 22.7 Å². The van der Waals surface area contributed by atoms with E-state index in [2.05, 4.69) is 21.4 Å². The molecule has 0 spiro atoms. The Bertz CT molecular complexity index is 634. The third kappa shape index (κ3) is 3.77. The predicted octanol–water partition coefficient (Wildman–Crippen LogP) is 4.17. The highest BCUT2D eigenvalue weighted by Crippen LogP contribution is 2.30. The van der Waals surface area contributed by atoms with Gasteiger partial charge in [0.1, 0.15) is 5.75 Å². The first-order valence-corrected chi connectivity index (χ1v) is 7.77. The maximum absolute atomic E-state index is 6.20. The zero-order valence-corrected chi connectivity index (χ0v) is 14.3. The molecule has 3 N–H and O–H groups in total. The summed E-state index contributed by atoms with van der Waals surface area (Å²) in [7, 11) is 1.66. The Balaban J connectivity index is 2.33. The van der Waals surface area contributed by atoms with Gasteiger partial charge in [-0.15, -0.1) is 0 Å². The minimum Gasteiger partial charge on any atom is -0.497 e. The molecule has 0 aliphatic heterocycles. The lowest BCUT2D eigenvalue weighted by atomic mass is 9.96. The van der Waals surface area contributed by atoms with E-state index in [1.165, 1.54) is 0 Å². The second-order valence-electron chi connectivity index (χ2n) is 4.83. The van der Waals surface area contributed by atoms with E-state index in [4.69, 9.17) is 22.2 Å². The van der Waals surface area contributed by atoms with Crippen LogP contribution < -0.4 is 16.0 Å². The molecule has 2 aromatic rings. The summed E-state index contributed by atoms with van der Waals surface area (Å²) in [6.45, 7) is 2.00. The lowest BCUT2D eigenvalue weighted by molar-refractivity contribution is 0.413. The fraction of sp³-hybridized carbons (Fsp3) is 0.250. The Morgan fingerprint density at radius 1 is 1.33 bits per heavy atom. The minimum atomic E-state index is -0.0212. The van der Waals surface area contributed by atoms with Crippen molar-refractivity contribution in [1.29, 1.82) is 0 Å². The molecule has 0 saturated carbocycles. The maximum atomic E-state index is 6.20. The van der Waals surface area contributed by atoms with Gasteiger partial charge in [-0.3, -0.25) is 11.3 Å². The Morgan fingerprint density at radius 3 is 2.76 bits per heavy atom. The van der Waals surface area contributed by atoms with Crippen LogP contribution in [0.25, 0.3) is 0 Å². The van der Waals surface area contributed by atoms with E-state index >= 15 is 0 Å². The van der Waals surface area contributed by atoms with Crippen molar-refractivity contribution >= 4 is 27.5 Å². The molecule has 0 heterocycles. The molecule has 1 atom stereocenters.